The molecular weight excluding hydrogens is 334 g/mol. The number of aromatic nitrogens is 2. The van der Waals surface area contributed by atoms with E-state index in [1.54, 1.807) is 0 Å². The summed E-state index contributed by atoms with van der Waals surface area (Å²) >= 11 is 0. The summed E-state index contributed by atoms with van der Waals surface area (Å²) in [7, 11) is 0. The van der Waals surface area contributed by atoms with Gasteiger partial charge in [0.05, 0.1) is 0 Å². The summed E-state index contributed by atoms with van der Waals surface area (Å²) in [5.41, 5.74) is 2.86. The molecule has 0 aliphatic carbocycles. The standard InChI is InChI=1S/C22H19N5/c1-4-10-17(11-5-1)23-20-16-21(24-18-12-6-2-7-13-18)27-22(26-20)25-19-14-8-3-9-15-19/h1-16H,(H3,23,24,25,26,27). The van der Waals surface area contributed by atoms with Gasteiger partial charge in [0.1, 0.15) is 11.6 Å². The molecule has 0 amide bonds. The molecule has 1 aromatic heterocycles. The molecular formula is C22H19N5. The van der Waals surface area contributed by atoms with Crippen LogP contribution in [0.25, 0.3) is 0 Å². The highest BCUT2D eigenvalue weighted by Gasteiger charge is 2.06. The first-order valence-corrected chi connectivity index (χ1v) is 8.70. The first kappa shape index (κ1) is 16.6. The second-order valence-electron chi connectivity index (χ2n) is 5.94. The predicted molar refractivity (Wildman–Crippen MR) is 111 cm³/mol. The van der Waals surface area contributed by atoms with Crippen molar-refractivity contribution in [2.45, 2.75) is 0 Å². The number of para-hydroxylation sites is 3. The lowest BCUT2D eigenvalue weighted by Gasteiger charge is -2.12. The summed E-state index contributed by atoms with van der Waals surface area (Å²) in [5, 5.41) is 9.90. The van der Waals surface area contributed by atoms with Gasteiger partial charge in [0.25, 0.3) is 0 Å². The van der Waals surface area contributed by atoms with E-state index in [0.717, 1.165) is 17.1 Å². The molecule has 3 N–H and O–H groups in total. The average molecular weight is 353 g/mol. The first-order chi connectivity index (χ1) is 13.3. The molecule has 3 aromatic carbocycles. The monoisotopic (exact) mass is 353 g/mol. The number of nitrogens with one attached hydrogen (secondary N) is 3. The molecule has 0 bridgehead atoms. The molecule has 0 saturated carbocycles. The third kappa shape index (κ3) is 4.61. The highest BCUT2D eigenvalue weighted by molar-refractivity contribution is 5.66. The van der Waals surface area contributed by atoms with Gasteiger partial charge in [-0.25, -0.2) is 0 Å². The fourth-order valence-corrected chi connectivity index (χ4v) is 2.62. The molecule has 0 saturated heterocycles. The van der Waals surface area contributed by atoms with Crippen molar-refractivity contribution in [3.63, 3.8) is 0 Å². The van der Waals surface area contributed by atoms with Gasteiger partial charge >= 0.3 is 0 Å². The lowest BCUT2D eigenvalue weighted by atomic mass is 10.3. The van der Waals surface area contributed by atoms with Crippen LogP contribution in [0.4, 0.5) is 34.6 Å². The van der Waals surface area contributed by atoms with Crippen molar-refractivity contribution in [3.8, 4) is 0 Å². The van der Waals surface area contributed by atoms with Gasteiger partial charge in [-0.3, -0.25) is 0 Å². The Morgan fingerprint density at radius 1 is 0.444 bits per heavy atom. The molecule has 0 radical (unpaired) electrons. The SMILES string of the molecule is c1ccc(Nc2cc(Nc3ccccc3)nc(Nc3ccccc3)n2)cc1. The minimum atomic E-state index is 0.514. The molecule has 0 unspecified atom stereocenters. The molecule has 132 valence electrons. The van der Waals surface area contributed by atoms with E-state index in [1.165, 1.54) is 0 Å². The predicted octanol–water partition coefficient (Wildman–Crippen LogP) is 5.71. The van der Waals surface area contributed by atoms with Crippen molar-refractivity contribution in [1.29, 1.82) is 0 Å². The van der Waals surface area contributed by atoms with Crippen molar-refractivity contribution >= 4 is 34.6 Å². The van der Waals surface area contributed by atoms with E-state index in [-0.39, 0.29) is 0 Å². The van der Waals surface area contributed by atoms with Gasteiger partial charge in [-0.05, 0) is 36.4 Å². The molecule has 5 nitrogen and oxygen atoms in total. The van der Waals surface area contributed by atoms with E-state index in [1.807, 2.05) is 97.1 Å². The van der Waals surface area contributed by atoms with Crippen LogP contribution in [0.5, 0.6) is 0 Å². The topological polar surface area (TPSA) is 61.9 Å². The lowest BCUT2D eigenvalue weighted by molar-refractivity contribution is 1.16. The Morgan fingerprint density at radius 3 is 1.22 bits per heavy atom. The summed E-state index contributed by atoms with van der Waals surface area (Å²) in [6, 6.07) is 31.6. The Balaban J connectivity index is 1.64. The van der Waals surface area contributed by atoms with Crippen LogP contribution in [0, 0.1) is 0 Å². The highest BCUT2D eigenvalue weighted by atomic mass is 15.2. The van der Waals surface area contributed by atoms with Crippen LogP contribution in [-0.2, 0) is 0 Å². The molecule has 0 spiro atoms. The Labute approximate surface area is 158 Å². The quantitative estimate of drug-likeness (QED) is 0.414. The van der Waals surface area contributed by atoms with Gasteiger partial charge in [0.15, 0.2) is 0 Å². The third-order valence-electron chi connectivity index (χ3n) is 3.85. The largest absolute Gasteiger partial charge is 0.340 e. The average Bonchev–Trinajstić information content (AvgIpc) is 2.70. The Morgan fingerprint density at radius 2 is 0.815 bits per heavy atom. The Kier molecular flexibility index (Phi) is 4.93. The van der Waals surface area contributed by atoms with E-state index in [4.69, 9.17) is 0 Å². The smallest absolute Gasteiger partial charge is 0.231 e. The van der Waals surface area contributed by atoms with Crippen molar-refractivity contribution in [2.24, 2.45) is 0 Å². The Hall–Kier alpha value is -3.86. The molecule has 0 fully saturated rings. The summed E-state index contributed by atoms with van der Waals surface area (Å²) in [5.74, 6) is 1.92. The van der Waals surface area contributed by atoms with Crippen molar-refractivity contribution in [1.82, 2.24) is 9.97 Å². The van der Waals surface area contributed by atoms with Crippen molar-refractivity contribution in [3.05, 3.63) is 97.1 Å². The summed E-state index contributed by atoms with van der Waals surface area (Å²) in [6.07, 6.45) is 0. The fourth-order valence-electron chi connectivity index (χ4n) is 2.62. The summed E-state index contributed by atoms with van der Waals surface area (Å²) in [4.78, 5) is 9.18. The zero-order chi connectivity index (χ0) is 18.3. The van der Waals surface area contributed by atoms with E-state index < -0.39 is 0 Å². The number of anilines is 6. The third-order valence-corrected chi connectivity index (χ3v) is 3.85. The maximum atomic E-state index is 4.59. The van der Waals surface area contributed by atoms with Gasteiger partial charge in [0, 0.05) is 23.1 Å². The molecule has 1 heterocycles. The van der Waals surface area contributed by atoms with Crippen LogP contribution in [0.2, 0.25) is 0 Å². The van der Waals surface area contributed by atoms with Gasteiger partial charge in [0.2, 0.25) is 5.95 Å². The summed E-state index contributed by atoms with van der Waals surface area (Å²) in [6.45, 7) is 0. The lowest BCUT2D eigenvalue weighted by Crippen LogP contribution is -2.04. The van der Waals surface area contributed by atoms with Crippen LogP contribution in [0.3, 0.4) is 0 Å². The highest BCUT2D eigenvalue weighted by Crippen LogP contribution is 2.23. The molecule has 5 heteroatoms. The molecule has 0 atom stereocenters. The minimum Gasteiger partial charge on any atom is -0.340 e. The summed E-state index contributed by atoms with van der Waals surface area (Å²) < 4.78 is 0. The molecule has 0 aliphatic heterocycles. The number of nitrogens with zero attached hydrogens (tertiary/aromatic N) is 2. The number of hydrogen-bond donors (Lipinski definition) is 3. The first-order valence-electron chi connectivity index (χ1n) is 8.70. The fraction of sp³-hybridized carbons (Fsp3) is 0. The van der Waals surface area contributed by atoms with Crippen LogP contribution >= 0.6 is 0 Å². The van der Waals surface area contributed by atoms with Gasteiger partial charge in [-0.15, -0.1) is 0 Å². The van der Waals surface area contributed by atoms with E-state index in [0.29, 0.717) is 17.6 Å². The normalized spacial score (nSPS) is 10.2. The zero-order valence-electron chi connectivity index (χ0n) is 14.6. The maximum absolute atomic E-state index is 4.59. The van der Waals surface area contributed by atoms with Crippen molar-refractivity contribution in [2.75, 3.05) is 16.0 Å². The van der Waals surface area contributed by atoms with Crippen LogP contribution in [-0.4, -0.2) is 9.97 Å². The van der Waals surface area contributed by atoms with Crippen molar-refractivity contribution < 1.29 is 0 Å². The number of rotatable bonds is 6. The zero-order valence-corrected chi connectivity index (χ0v) is 14.6. The van der Waals surface area contributed by atoms with Gasteiger partial charge < -0.3 is 16.0 Å². The second kappa shape index (κ2) is 8.01. The second-order valence-corrected chi connectivity index (χ2v) is 5.94. The van der Waals surface area contributed by atoms with E-state index >= 15 is 0 Å². The maximum Gasteiger partial charge on any atom is 0.231 e. The minimum absolute atomic E-state index is 0.514. The van der Waals surface area contributed by atoms with Gasteiger partial charge in [-0.1, -0.05) is 54.6 Å². The Bertz CT molecular complexity index is 844. The van der Waals surface area contributed by atoms with Crippen LogP contribution in [0.1, 0.15) is 0 Å². The number of hydrogen-bond acceptors (Lipinski definition) is 5. The molecule has 4 rings (SSSR count). The molecule has 0 aliphatic rings. The van der Waals surface area contributed by atoms with E-state index in [2.05, 4.69) is 25.9 Å². The number of benzene rings is 3. The van der Waals surface area contributed by atoms with Crippen LogP contribution in [0.15, 0.2) is 97.1 Å². The van der Waals surface area contributed by atoms with Crippen LogP contribution < -0.4 is 16.0 Å². The van der Waals surface area contributed by atoms with E-state index in [9.17, 15) is 0 Å². The van der Waals surface area contributed by atoms with Gasteiger partial charge in [-0.2, -0.15) is 9.97 Å². The molecule has 4 aromatic rings. The molecule has 27 heavy (non-hydrogen) atoms.